The molecule has 4 heterocycles. The van der Waals surface area contributed by atoms with Gasteiger partial charge in [-0.1, -0.05) is 19.4 Å². The van der Waals surface area contributed by atoms with Gasteiger partial charge >= 0.3 is 0 Å². The van der Waals surface area contributed by atoms with E-state index in [2.05, 4.69) is 17.1 Å². The van der Waals surface area contributed by atoms with Crippen LogP contribution in [0.15, 0.2) is 18.2 Å². The van der Waals surface area contributed by atoms with E-state index in [9.17, 15) is 9.59 Å². The molecule has 0 spiro atoms. The minimum absolute atomic E-state index is 0.0113. The Morgan fingerprint density at radius 3 is 2.87 bits per heavy atom. The Labute approximate surface area is 178 Å². The highest BCUT2D eigenvalue weighted by molar-refractivity contribution is 6.05. The number of nitrogens with zero attached hydrogens (tertiary/aromatic N) is 2. The summed E-state index contributed by atoms with van der Waals surface area (Å²) in [5, 5.41) is 3.10. The van der Waals surface area contributed by atoms with Crippen molar-refractivity contribution in [3.63, 3.8) is 0 Å². The lowest BCUT2D eigenvalue weighted by Gasteiger charge is -2.34. The maximum Gasteiger partial charge on any atom is 0.239 e. The summed E-state index contributed by atoms with van der Waals surface area (Å²) < 4.78 is 5.90. The zero-order chi connectivity index (χ0) is 21.0. The molecule has 4 aliphatic rings. The Morgan fingerprint density at radius 2 is 2.03 bits per heavy atom. The van der Waals surface area contributed by atoms with Crippen LogP contribution in [0.5, 0.6) is 5.75 Å². The number of hydrogen-bond acceptors (Lipinski definition) is 4. The first kappa shape index (κ1) is 19.6. The van der Waals surface area contributed by atoms with E-state index in [4.69, 9.17) is 4.74 Å². The zero-order valence-electron chi connectivity index (χ0n) is 18.1. The van der Waals surface area contributed by atoms with Gasteiger partial charge in [-0.05, 0) is 62.4 Å². The second kappa shape index (κ2) is 7.41. The molecule has 2 saturated heterocycles. The molecule has 2 amide bonds. The number of hydrogen-bond donors (Lipinski definition) is 1. The topological polar surface area (TPSA) is 61.9 Å². The fraction of sp³-hybridized carbons (Fsp3) is 0.583. The normalized spacial score (nSPS) is 33.3. The molecule has 1 aromatic rings. The smallest absolute Gasteiger partial charge is 0.239 e. The fourth-order valence-electron chi connectivity index (χ4n) is 5.77. The molecule has 30 heavy (non-hydrogen) atoms. The number of rotatable bonds is 2. The van der Waals surface area contributed by atoms with E-state index < -0.39 is 0 Å². The average molecular weight is 410 g/mol. The molecule has 0 aromatic heterocycles. The van der Waals surface area contributed by atoms with Crippen molar-refractivity contribution in [2.75, 3.05) is 25.5 Å². The number of carbonyl (C=O) groups excluding carboxylic acids is 2. The first-order valence-electron chi connectivity index (χ1n) is 11.3. The van der Waals surface area contributed by atoms with Gasteiger partial charge in [-0.25, -0.2) is 0 Å². The maximum absolute atomic E-state index is 13.2. The van der Waals surface area contributed by atoms with Crippen molar-refractivity contribution in [1.82, 2.24) is 9.80 Å². The van der Waals surface area contributed by atoms with Gasteiger partial charge in [0, 0.05) is 25.2 Å². The van der Waals surface area contributed by atoms with Crippen molar-refractivity contribution in [1.29, 1.82) is 0 Å². The second-order valence-corrected chi connectivity index (χ2v) is 9.40. The lowest BCUT2D eigenvalue weighted by atomic mass is 9.86. The minimum Gasteiger partial charge on any atom is -0.486 e. The van der Waals surface area contributed by atoms with E-state index >= 15 is 0 Å². The molecular formula is C24H31N3O3. The molecule has 4 aliphatic heterocycles. The van der Waals surface area contributed by atoms with E-state index in [1.54, 1.807) is 0 Å². The van der Waals surface area contributed by atoms with Crippen molar-refractivity contribution in [2.24, 2.45) is 5.92 Å². The van der Waals surface area contributed by atoms with Gasteiger partial charge in [-0.2, -0.15) is 0 Å². The fourth-order valence-corrected chi connectivity index (χ4v) is 5.77. The standard InChI is InChI=1S/C24H31N3O3/c1-14-13-27-11-5-4-6-19(27)24(29)26(3)20(14)12-18-16-9-10-21-17(8-7-15(2)30-21)22(16)25-23(18)28/h7-10,14-15,18-20H,4-6,11-13H2,1-3H3,(H,25,28). The largest absolute Gasteiger partial charge is 0.486 e. The van der Waals surface area contributed by atoms with Gasteiger partial charge in [0.25, 0.3) is 0 Å². The van der Waals surface area contributed by atoms with Gasteiger partial charge in [-0.3, -0.25) is 14.5 Å². The summed E-state index contributed by atoms with van der Waals surface area (Å²) in [6.07, 6.45) is 7.99. The summed E-state index contributed by atoms with van der Waals surface area (Å²) in [6, 6.07) is 4.06. The number of anilines is 1. The van der Waals surface area contributed by atoms with Gasteiger partial charge < -0.3 is 15.0 Å². The van der Waals surface area contributed by atoms with Crippen LogP contribution < -0.4 is 10.1 Å². The lowest BCUT2D eigenvalue weighted by molar-refractivity contribution is -0.137. The van der Waals surface area contributed by atoms with Crippen LogP contribution in [0.25, 0.3) is 6.08 Å². The third kappa shape index (κ3) is 3.13. The maximum atomic E-state index is 13.2. The molecule has 0 radical (unpaired) electrons. The quantitative estimate of drug-likeness (QED) is 0.815. The van der Waals surface area contributed by atoms with Crippen LogP contribution in [0.2, 0.25) is 0 Å². The third-order valence-corrected chi connectivity index (χ3v) is 7.42. The summed E-state index contributed by atoms with van der Waals surface area (Å²) in [4.78, 5) is 30.5. The van der Waals surface area contributed by atoms with Crippen LogP contribution >= 0.6 is 0 Å². The summed E-state index contributed by atoms with van der Waals surface area (Å²) in [7, 11) is 1.93. The van der Waals surface area contributed by atoms with Gasteiger partial charge in [0.1, 0.15) is 11.9 Å². The highest BCUT2D eigenvalue weighted by Gasteiger charge is 2.43. The number of nitrogens with one attached hydrogen (secondary N) is 1. The lowest BCUT2D eigenvalue weighted by Crippen LogP contribution is -2.48. The Balaban J connectivity index is 1.43. The SMILES string of the molecule is CC1C=Cc2c(ccc3c2NC(=O)C3CC2C(C)CN3CCCCC3C(=O)N2C)O1. The predicted molar refractivity (Wildman–Crippen MR) is 116 cm³/mol. The van der Waals surface area contributed by atoms with Crippen LogP contribution in [0.1, 0.15) is 56.6 Å². The highest BCUT2D eigenvalue weighted by Crippen LogP contribution is 2.44. The average Bonchev–Trinajstić information content (AvgIpc) is 3.02. The summed E-state index contributed by atoms with van der Waals surface area (Å²) in [5.74, 6) is 1.15. The molecule has 5 unspecified atom stereocenters. The van der Waals surface area contributed by atoms with Gasteiger partial charge in [0.15, 0.2) is 0 Å². The van der Waals surface area contributed by atoms with Crippen molar-refractivity contribution in [3.05, 3.63) is 29.3 Å². The van der Waals surface area contributed by atoms with E-state index in [0.717, 1.165) is 48.5 Å². The van der Waals surface area contributed by atoms with E-state index in [-0.39, 0.29) is 35.9 Å². The molecule has 0 saturated carbocycles. The molecule has 0 aliphatic carbocycles. The number of benzene rings is 1. The second-order valence-electron chi connectivity index (χ2n) is 9.40. The predicted octanol–water partition coefficient (Wildman–Crippen LogP) is 3.24. The first-order valence-corrected chi connectivity index (χ1v) is 11.3. The molecule has 6 heteroatoms. The molecule has 0 bridgehead atoms. The molecule has 2 fully saturated rings. The number of ether oxygens (including phenoxy) is 1. The monoisotopic (exact) mass is 409 g/mol. The minimum atomic E-state index is -0.240. The third-order valence-electron chi connectivity index (χ3n) is 7.42. The van der Waals surface area contributed by atoms with Gasteiger partial charge in [0.2, 0.25) is 11.8 Å². The summed E-state index contributed by atoms with van der Waals surface area (Å²) >= 11 is 0. The molecule has 5 rings (SSSR count). The Morgan fingerprint density at radius 1 is 1.20 bits per heavy atom. The number of likely N-dealkylation sites (N-methyl/N-ethyl adjacent to an activating group) is 1. The van der Waals surface area contributed by atoms with Crippen LogP contribution in [0.3, 0.4) is 0 Å². The van der Waals surface area contributed by atoms with Crippen molar-refractivity contribution >= 4 is 23.6 Å². The van der Waals surface area contributed by atoms with E-state index in [1.165, 1.54) is 6.42 Å². The van der Waals surface area contributed by atoms with Crippen LogP contribution in [0, 0.1) is 5.92 Å². The zero-order valence-corrected chi connectivity index (χ0v) is 18.1. The number of piperidine rings is 1. The van der Waals surface area contributed by atoms with Crippen molar-refractivity contribution in [2.45, 2.75) is 63.6 Å². The first-order chi connectivity index (χ1) is 14.4. The Hall–Kier alpha value is -2.34. The van der Waals surface area contributed by atoms with Crippen molar-refractivity contribution < 1.29 is 14.3 Å². The molecule has 1 aromatic carbocycles. The number of carbonyl (C=O) groups is 2. The number of amides is 2. The summed E-state index contributed by atoms with van der Waals surface area (Å²) in [6.45, 7) is 6.15. The molecule has 5 atom stereocenters. The molecular weight excluding hydrogens is 378 g/mol. The molecule has 160 valence electrons. The van der Waals surface area contributed by atoms with Crippen molar-refractivity contribution in [3.8, 4) is 5.75 Å². The molecule has 1 N–H and O–H groups in total. The van der Waals surface area contributed by atoms with Gasteiger partial charge in [0.05, 0.1) is 17.6 Å². The van der Waals surface area contributed by atoms with Gasteiger partial charge in [-0.15, -0.1) is 0 Å². The highest BCUT2D eigenvalue weighted by atomic mass is 16.5. The van der Waals surface area contributed by atoms with Crippen LogP contribution in [0.4, 0.5) is 5.69 Å². The summed E-state index contributed by atoms with van der Waals surface area (Å²) in [5.41, 5.74) is 2.85. The Bertz CT molecular complexity index is 911. The number of fused-ring (bicyclic) bond motifs is 4. The Kier molecular flexibility index (Phi) is 4.85. The van der Waals surface area contributed by atoms with E-state index in [0.29, 0.717) is 12.3 Å². The van der Waals surface area contributed by atoms with Crippen LogP contribution in [-0.2, 0) is 9.59 Å². The molecule has 6 nitrogen and oxygen atoms in total. The van der Waals surface area contributed by atoms with E-state index in [1.807, 2.05) is 43.2 Å². The van der Waals surface area contributed by atoms with Crippen LogP contribution in [-0.4, -0.2) is 59.9 Å².